The Morgan fingerprint density at radius 3 is 2.75 bits per heavy atom. The standard InChI is InChI=1S/C11H10N4O4S/c1-6-13-14-11(20-6)12-10(16)7-3-4-9(19-2)8(5-7)15(17)18/h3-5H,1-2H3,(H,12,14,16). The van der Waals surface area contributed by atoms with E-state index in [-0.39, 0.29) is 17.0 Å². The summed E-state index contributed by atoms with van der Waals surface area (Å²) in [5, 5.41) is 22.0. The van der Waals surface area contributed by atoms with E-state index in [4.69, 9.17) is 4.74 Å². The Balaban J connectivity index is 2.26. The number of ether oxygens (including phenoxy) is 1. The van der Waals surface area contributed by atoms with Crippen molar-refractivity contribution in [3.05, 3.63) is 38.9 Å². The fourth-order valence-corrected chi connectivity index (χ4v) is 2.08. The molecule has 0 saturated heterocycles. The van der Waals surface area contributed by atoms with Gasteiger partial charge in [-0.05, 0) is 19.1 Å². The van der Waals surface area contributed by atoms with Crippen LogP contribution >= 0.6 is 11.3 Å². The van der Waals surface area contributed by atoms with E-state index in [2.05, 4.69) is 15.5 Å². The van der Waals surface area contributed by atoms with E-state index in [1.165, 1.54) is 30.6 Å². The van der Waals surface area contributed by atoms with Crippen LogP contribution in [-0.2, 0) is 0 Å². The van der Waals surface area contributed by atoms with Crippen molar-refractivity contribution < 1.29 is 14.5 Å². The number of nitro benzene ring substituents is 1. The van der Waals surface area contributed by atoms with Gasteiger partial charge in [-0.2, -0.15) is 0 Å². The lowest BCUT2D eigenvalue weighted by Gasteiger charge is -2.04. The summed E-state index contributed by atoms with van der Waals surface area (Å²) in [6.45, 7) is 1.76. The number of aromatic nitrogens is 2. The molecule has 0 radical (unpaired) electrons. The van der Waals surface area contributed by atoms with Crippen LogP contribution in [0.3, 0.4) is 0 Å². The van der Waals surface area contributed by atoms with Gasteiger partial charge in [-0.1, -0.05) is 11.3 Å². The summed E-state index contributed by atoms with van der Waals surface area (Å²) in [5.41, 5.74) is -0.126. The second-order valence-corrected chi connectivity index (χ2v) is 4.91. The number of nitro groups is 1. The monoisotopic (exact) mass is 294 g/mol. The van der Waals surface area contributed by atoms with Gasteiger partial charge in [-0.15, -0.1) is 10.2 Å². The molecule has 1 heterocycles. The molecule has 9 heteroatoms. The summed E-state index contributed by atoms with van der Waals surface area (Å²) in [6, 6.07) is 3.97. The average Bonchev–Trinajstić information content (AvgIpc) is 2.83. The zero-order valence-corrected chi connectivity index (χ0v) is 11.4. The van der Waals surface area contributed by atoms with E-state index in [1.54, 1.807) is 6.92 Å². The van der Waals surface area contributed by atoms with Gasteiger partial charge in [0.05, 0.1) is 12.0 Å². The van der Waals surface area contributed by atoms with Gasteiger partial charge in [0, 0.05) is 11.6 Å². The maximum atomic E-state index is 12.0. The fraction of sp³-hybridized carbons (Fsp3) is 0.182. The van der Waals surface area contributed by atoms with Crippen LogP contribution in [0.4, 0.5) is 10.8 Å². The topological polar surface area (TPSA) is 107 Å². The van der Waals surface area contributed by atoms with Gasteiger partial charge in [0.1, 0.15) is 5.01 Å². The van der Waals surface area contributed by atoms with E-state index < -0.39 is 10.8 Å². The molecule has 0 fully saturated rings. The molecule has 1 N–H and O–H groups in total. The molecule has 0 spiro atoms. The molecule has 1 aromatic heterocycles. The first-order valence-corrected chi connectivity index (χ1v) is 6.27. The molecule has 104 valence electrons. The maximum Gasteiger partial charge on any atom is 0.311 e. The minimum absolute atomic E-state index is 0.0957. The predicted octanol–water partition coefficient (Wildman–Crippen LogP) is 2.02. The number of hydrogen-bond acceptors (Lipinski definition) is 7. The number of benzene rings is 1. The highest BCUT2D eigenvalue weighted by Crippen LogP contribution is 2.28. The zero-order chi connectivity index (χ0) is 14.7. The first kappa shape index (κ1) is 13.9. The third-order valence-electron chi connectivity index (χ3n) is 2.38. The molecule has 0 atom stereocenters. The van der Waals surface area contributed by atoms with Crippen LogP contribution in [0.2, 0.25) is 0 Å². The molecule has 0 aliphatic rings. The van der Waals surface area contributed by atoms with Crippen molar-refractivity contribution in [3.63, 3.8) is 0 Å². The predicted molar refractivity (Wildman–Crippen MR) is 72.2 cm³/mol. The number of anilines is 1. The number of methoxy groups -OCH3 is 1. The Hall–Kier alpha value is -2.55. The number of rotatable bonds is 4. The zero-order valence-electron chi connectivity index (χ0n) is 10.6. The van der Waals surface area contributed by atoms with Crippen molar-refractivity contribution in [1.82, 2.24) is 10.2 Å². The molecule has 0 unspecified atom stereocenters. The van der Waals surface area contributed by atoms with E-state index >= 15 is 0 Å². The van der Waals surface area contributed by atoms with Gasteiger partial charge >= 0.3 is 5.69 Å². The molecule has 1 aromatic carbocycles. The molecular formula is C11H10N4O4S. The van der Waals surface area contributed by atoms with Crippen molar-refractivity contribution in [2.45, 2.75) is 6.92 Å². The lowest BCUT2D eigenvalue weighted by atomic mass is 10.2. The third kappa shape index (κ3) is 2.88. The van der Waals surface area contributed by atoms with Gasteiger partial charge in [-0.25, -0.2) is 0 Å². The molecule has 0 aliphatic heterocycles. The van der Waals surface area contributed by atoms with Gasteiger partial charge in [0.15, 0.2) is 5.75 Å². The van der Waals surface area contributed by atoms with Crippen molar-refractivity contribution in [2.24, 2.45) is 0 Å². The number of nitrogens with one attached hydrogen (secondary N) is 1. The number of carbonyl (C=O) groups excluding carboxylic acids is 1. The van der Waals surface area contributed by atoms with Gasteiger partial charge in [0.2, 0.25) is 5.13 Å². The Labute approximate surface area is 117 Å². The van der Waals surface area contributed by atoms with E-state index in [0.29, 0.717) is 10.1 Å². The van der Waals surface area contributed by atoms with Crippen LogP contribution in [-0.4, -0.2) is 28.1 Å². The summed E-state index contributed by atoms with van der Waals surface area (Å²) in [5.74, 6) is -0.398. The summed E-state index contributed by atoms with van der Waals surface area (Å²) in [7, 11) is 1.33. The number of nitrogens with zero attached hydrogens (tertiary/aromatic N) is 3. The molecule has 20 heavy (non-hydrogen) atoms. The quantitative estimate of drug-likeness (QED) is 0.682. The second kappa shape index (κ2) is 5.61. The minimum atomic E-state index is -0.606. The first-order valence-electron chi connectivity index (χ1n) is 5.45. The lowest BCUT2D eigenvalue weighted by Crippen LogP contribution is -2.12. The number of aryl methyl sites for hydroxylation is 1. The molecule has 0 saturated carbocycles. The van der Waals surface area contributed by atoms with Crippen molar-refractivity contribution in [1.29, 1.82) is 0 Å². The van der Waals surface area contributed by atoms with Crippen LogP contribution in [0.25, 0.3) is 0 Å². The normalized spacial score (nSPS) is 10.1. The lowest BCUT2D eigenvalue weighted by molar-refractivity contribution is -0.385. The highest BCUT2D eigenvalue weighted by Gasteiger charge is 2.18. The van der Waals surface area contributed by atoms with Gasteiger partial charge in [0.25, 0.3) is 5.91 Å². The van der Waals surface area contributed by atoms with Crippen LogP contribution in [0.1, 0.15) is 15.4 Å². The Morgan fingerprint density at radius 2 is 2.20 bits per heavy atom. The van der Waals surface area contributed by atoms with Crippen molar-refractivity contribution >= 4 is 28.1 Å². The number of carbonyl (C=O) groups is 1. The highest BCUT2D eigenvalue weighted by atomic mass is 32.1. The average molecular weight is 294 g/mol. The van der Waals surface area contributed by atoms with Crippen LogP contribution in [0.15, 0.2) is 18.2 Å². The molecule has 0 aliphatic carbocycles. The summed E-state index contributed by atoms with van der Waals surface area (Å²) >= 11 is 1.22. The largest absolute Gasteiger partial charge is 0.490 e. The molecule has 0 bridgehead atoms. The Morgan fingerprint density at radius 1 is 1.45 bits per heavy atom. The van der Waals surface area contributed by atoms with Crippen molar-refractivity contribution in [2.75, 3.05) is 12.4 Å². The fourth-order valence-electron chi connectivity index (χ4n) is 1.49. The minimum Gasteiger partial charge on any atom is -0.490 e. The summed E-state index contributed by atoms with van der Waals surface area (Å²) in [4.78, 5) is 22.2. The molecule has 1 amide bonds. The highest BCUT2D eigenvalue weighted by molar-refractivity contribution is 7.15. The molecular weight excluding hydrogens is 284 g/mol. The summed E-state index contributed by atoms with van der Waals surface area (Å²) in [6.07, 6.45) is 0. The smallest absolute Gasteiger partial charge is 0.311 e. The summed E-state index contributed by atoms with van der Waals surface area (Å²) < 4.78 is 4.87. The van der Waals surface area contributed by atoms with Crippen molar-refractivity contribution in [3.8, 4) is 5.75 Å². The Kier molecular flexibility index (Phi) is 3.89. The van der Waals surface area contributed by atoms with Crippen LogP contribution < -0.4 is 10.1 Å². The van der Waals surface area contributed by atoms with E-state index in [1.807, 2.05) is 0 Å². The SMILES string of the molecule is COc1ccc(C(=O)Nc2nnc(C)s2)cc1[N+](=O)[O-]. The number of hydrogen-bond donors (Lipinski definition) is 1. The maximum absolute atomic E-state index is 12.0. The van der Waals surface area contributed by atoms with Gasteiger partial charge < -0.3 is 4.74 Å². The van der Waals surface area contributed by atoms with E-state index in [0.717, 1.165) is 6.07 Å². The van der Waals surface area contributed by atoms with Gasteiger partial charge in [-0.3, -0.25) is 20.2 Å². The van der Waals surface area contributed by atoms with Crippen LogP contribution in [0, 0.1) is 17.0 Å². The van der Waals surface area contributed by atoms with E-state index in [9.17, 15) is 14.9 Å². The first-order chi connectivity index (χ1) is 9.51. The van der Waals surface area contributed by atoms with Crippen LogP contribution in [0.5, 0.6) is 5.75 Å². The molecule has 2 rings (SSSR count). The Bertz CT molecular complexity index is 670. The second-order valence-electron chi connectivity index (χ2n) is 3.72. The molecule has 8 nitrogen and oxygen atoms in total. The molecule has 2 aromatic rings. The third-order valence-corrected chi connectivity index (χ3v) is 3.14. The number of amides is 1.